The first-order chi connectivity index (χ1) is 13.0. The Hall–Kier alpha value is -2.73. The first-order valence-corrected chi connectivity index (χ1v) is 9.27. The number of halogens is 1. The zero-order chi connectivity index (χ0) is 18.9. The molecule has 1 aliphatic heterocycles. The predicted molar refractivity (Wildman–Crippen MR) is 101 cm³/mol. The van der Waals surface area contributed by atoms with E-state index in [1.165, 1.54) is 0 Å². The van der Waals surface area contributed by atoms with Crippen LogP contribution in [0, 0.1) is 0 Å². The van der Waals surface area contributed by atoms with E-state index in [1.54, 1.807) is 42.5 Å². The second kappa shape index (κ2) is 7.12. The molecule has 2 N–H and O–H groups in total. The van der Waals surface area contributed by atoms with Crippen molar-refractivity contribution in [2.75, 3.05) is 11.9 Å². The van der Waals surface area contributed by atoms with Crippen LogP contribution in [0.4, 0.5) is 5.69 Å². The minimum absolute atomic E-state index is 0.164. The van der Waals surface area contributed by atoms with E-state index < -0.39 is 11.7 Å². The van der Waals surface area contributed by atoms with Crippen molar-refractivity contribution in [3.8, 4) is 11.5 Å². The van der Waals surface area contributed by atoms with E-state index in [9.17, 15) is 9.59 Å². The van der Waals surface area contributed by atoms with Gasteiger partial charge in [0.2, 0.25) is 5.91 Å². The molecule has 6 nitrogen and oxygen atoms in total. The van der Waals surface area contributed by atoms with E-state index in [1.807, 2.05) is 0 Å². The molecule has 2 amide bonds. The molecule has 4 rings (SSSR count). The third-order valence-electron chi connectivity index (χ3n) is 4.71. The summed E-state index contributed by atoms with van der Waals surface area (Å²) in [6.45, 7) is -0.164. The summed E-state index contributed by atoms with van der Waals surface area (Å²) in [6.07, 6.45) is 3.92. The summed E-state index contributed by atoms with van der Waals surface area (Å²) in [5.41, 5.74) is 0.918. The van der Waals surface area contributed by atoms with Crippen molar-refractivity contribution in [2.24, 2.45) is 0 Å². The smallest absolute Gasteiger partial charge is 0.253 e. The Morgan fingerprint density at radius 2 is 1.78 bits per heavy atom. The van der Waals surface area contributed by atoms with E-state index in [2.05, 4.69) is 10.6 Å². The number of fused-ring (bicyclic) bond motifs is 1. The maximum atomic E-state index is 12.2. The molecule has 0 bridgehead atoms. The van der Waals surface area contributed by atoms with Crippen molar-refractivity contribution in [3.63, 3.8) is 0 Å². The monoisotopic (exact) mass is 386 g/mol. The molecule has 1 aliphatic carbocycles. The topological polar surface area (TPSA) is 76.7 Å². The molecule has 1 saturated carbocycles. The SMILES string of the molecule is O=C(CNC(=O)c1ccccc1Cl)Nc1ccc2c(c1)OC1(CCCC1)O2. The maximum absolute atomic E-state index is 12.2. The molecule has 0 atom stereocenters. The van der Waals surface area contributed by atoms with Crippen LogP contribution in [0.25, 0.3) is 0 Å². The highest BCUT2D eigenvalue weighted by Gasteiger charge is 2.44. The number of rotatable bonds is 4. The van der Waals surface area contributed by atoms with E-state index in [0.29, 0.717) is 27.8 Å². The van der Waals surface area contributed by atoms with E-state index in [4.69, 9.17) is 21.1 Å². The van der Waals surface area contributed by atoms with Crippen LogP contribution < -0.4 is 20.1 Å². The van der Waals surface area contributed by atoms with Crippen molar-refractivity contribution in [3.05, 3.63) is 53.1 Å². The molecular weight excluding hydrogens is 368 g/mol. The lowest BCUT2D eigenvalue weighted by Gasteiger charge is -2.21. The first kappa shape index (κ1) is 17.7. The molecular formula is C20H19ClN2O4. The van der Waals surface area contributed by atoms with Crippen LogP contribution in [0.1, 0.15) is 36.0 Å². The quantitative estimate of drug-likeness (QED) is 0.839. The molecule has 2 aromatic carbocycles. The van der Waals surface area contributed by atoms with Gasteiger partial charge in [0.15, 0.2) is 11.5 Å². The third kappa shape index (κ3) is 3.71. The van der Waals surface area contributed by atoms with Gasteiger partial charge in [-0.25, -0.2) is 0 Å². The molecule has 7 heteroatoms. The molecule has 1 spiro atoms. The van der Waals surface area contributed by atoms with Gasteiger partial charge in [-0.2, -0.15) is 0 Å². The normalized spacial score (nSPS) is 16.3. The number of hydrogen-bond donors (Lipinski definition) is 2. The average Bonchev–Trinajstić information content (AvgIpc) is 3.25. The standard InChI is InChI=1S/C20H19ClN2O4/c21-15-6-2-1-5-14(15)19(25)22-12-18(24)23-13-7-8-16-17(11-13)27-20(26-16)9-3-4-10-20/h1-2,5-8,11H,3-4,9-10,12H2,(H,22,25)(H,23,24). The fraction of sp³-hybridized carbons (Fsp3) is 0.300. The van der Waals surface area contributed by atoms with Gasteiger partial charge in [0.25, 0.3) is 11.7 Å². The number of benzene rings is 2. The van der Waals surface area contributed by atoms with E-state index >= 15 is 0 Å². The van der Waals surface area contributed by atoms with Crippen molar-refractivity contribution < 1.29 is 19.1 Å². The summed E-state index contributed by atoms with van der Waals surface area (Å²) in [5, 5.41) is 5.65. The Bertz CT molecular complexity index is 893. The Kier molecular flexibility index (Phi) is 4.66. The van der Waals surface area contributed by atoms with Gasteiger partial charge in [-0.1, -0.05) is 23.7 Å². The molecule has 0 radical (unpaired) electrons. The van der Waals surface area contributed by atoms with Crippen molar-refractivity contribution in [1.82, 2.24) is 5.32 Å². The highest BCUT2D eigenvalue weighted by atomic mass is 35.5. The Labute approximate surface area is 161 Å². The van der Waals surface area contributed by atoms with Crippen LogP contribution in [0.2, 0.25) is 5.02 Å². The highest BCUT2D eigenvalue weighted by Crippen LogP contribution is 2.47. The molecule has 2 aromatic rings. The second-order valence-electron chi connectivity index (χ2n) is 6.69. The van der Waals surface area contributed by atoms with Gasteiger partial charge in [0, 0.05) is 24.6 Å². The van der Waals surface area contributed by atoms with Crippen LogP contribution in [0.15, 0.2) is 42.5 Å². The zero-order valence-electron chi connectivity index (χ0n) is 14.6. The van der Waals surface area contributed by atoms with E-state index in [0.717, 1.165) is 25.7 Å². The van der Waals surface area contributed by atoms with Gasteiger partial charge in [-0.3, -0.25) is 9.59 Å². The van der Waals surface area contributed by atoms with Crippen LogP contribution >= 0.6 is 11.6 Å². The van der Waals surface area contributed by atoms with Gasteiger partial charge in [0.05, 0.1) is 17.1 Å². The number of hydrogen-bond acceptors (Lipinski definition) is 4. The molecule has 0 saturated heterocycles. The van der Waals surface area contributed by atoms with Crippen molar-refractivity contribution >= 4 is 29.1 Å². The van der Waals surface area contributed by atoms with Gasteiger partial charge < -0.3 is 20.1 Å². The summed E-state index contributed by atoms with van der Waals surface area (Å²) in [7, 11) is 0. The summed E-state index contributed by atoms with van der Waals surface area (Å²) in [6, 6.07) is 12.0. The lowest BCUT2D eigenvalue weighted by Crippen LogP contribution is -2.34. The Morgan fingerprint density at radius 1 is 1.04 bits per heavy atom. The predicted octanol–water partition coefficient (Wildman–Crippen LogP) is 3.75. The molecule has 140 valence electrons. The van der Waals surface area contributed by atoms with Crippen molar-refractivity contribution in [1.29, 1.82) is 0 Å². The van der Waals surface area contributed by atoms with Gasteiger partial charge in [-0.15, -0.1) is 0 Å². The minimum atomic E-state index is -0.534. The summed E-state index contributed by atoms with van der Waals surface area (Å²) < 4.78 is 11.9. The van der Waals surface area contributed by atoms with Crippen LogP contribution in [0.5, 0.6) is 11.5 Å². The minimum Gasteiger partial charge on any atom is -0.448 e. The lowest BCUT2D eigenvalue weighted by atomic mass is 10.2. The van der Waals surface area contributed by atoms with Gasteiger partial charge >= 0.3 is 0 Å². The fourth-order valence-corrected chi connectivity index (χ4v) is 3.62. The van der Waals surface area contributed by atoms with Gasteiger partial charge in [-0.05, 0) is 37.1 Å². The average molecular weight is 387 g/mol. The van der Waals surface area contributed by atoms with Gasteiger partial charge in [0.1, 0.15) is 0 Å². The number of carbonyl (C=O) groups excluding carboxylic acids is 2. The van der Waals surface area contributed by atoms with Crippen LogP contribution in [-0.4, -0.2) is 24.1 Å². The number of anilines is 1. The number of amides is 2. The summed E-state index contributed by atoms with van der Waals surface area (Å²) in [4.78, 5) is 24.3. The number of nitrogens with one attached hydrogen (secondary N) is 2. The molecule has 27 heavy (non-hydrogen) atoms. The maximum Gasteiger partial charge on any atom is 0.253 e. The Morgan fingerprint density at radius 3 is 2.56 bits per heavy atom. The van der Waals surface area contributed by atoms with Crippen molar-refractivity contribution in [2.45, 2.75) is 31.5 Å². The second-order valence-corrected chi connectivity index (χ2v) is 7.10. The zero-order valence-corrected chi connectivity index (χ0v) is 15.3. The fourth-order valence-electron chi connectivity index (χ4n) is 3.40. The first-order valence-electron chi connectivity index (χ1n) is 8.89. The number of carbonyl (C=O) groups is 2. The summed E-state index contributed by atoms with van der Waals surface area (Å²) >= 11 is 5.98. The molecule has 2 aliphatic rings. The number of ether oxygens (including phenoxy) is 2. The summed E-state index contributed by atoms with van der Waals surface area (Å²) in [5.74, 6) is 0.0552. The van der Waals surface area contributed by atoms with Crippen LogP contribution in [0.3, 0.4) is 0 Å². The Balaban J connectivity index is 1.34. The molecule has 0 aromatic heterocycles. The molecule has 0 unspecified atom stereocenters. The highest BCUT2D eigenvalue weighted by molar-refractivity contribution is 6.33. The lowest BCUT2D eigenvalue weighted by molar-refractivity contribution is -0.115. The largest absolute Gasteiger partial charge is 0.448 e. The molecule has 1 fully saturated rings. The molecule has 1 heterocycles. The van der Waals surface area contributed by atoms with Crippen LogP contribution in [-0.2, 0) is 4.79 Å². The van der Waals surface area contributed by atoms with E-state index in [-0.39, 0.29) is 12.5 Å². The third-order valence-corrected chi connectivity index (χ3v) is 5.04.